The molecule has 2 heterocycles. The van der Waals surface area contributed by atoms with Crippen molar-refractivity contribution in [2.75, 3.05) is 0 Å². The monoisotopic (exact) mass is 245 g/mol. The first kappa shape index (κ1) is 12.9. The van der Waals surface area contributed by atoms with Crippen molar-refractivity contribution < 1.29 is 0 Å². The van der Waals surface area contributed by atoms with Crippen LogP contribution in [0.25, 0.3) is 0 Å². The Balaban J connectivity index is 1.80. The molecule has 4 heteroatoms. The van der Waals surface area contributed by atoms with E-state index in [-0.39, 0.29) is 0 Å². The molecule has 4 nitrogen and oxygen atoms in total. The molecule has 0 atom stereocenters. The quantitative estimate of drug-likeness (QED) is 0.752. The fourth-order valence-electron chi connectivity index (χ4n) is 2.17. The predicted molar refractivity (Wildman–Crippen MR) is 71.8 cm³/mol. The van der Waals surface area contributed by atoms with Gasteiger partial charge in [-0.15, -0.1) is 0 Å². The first-order valence-electron chi connectivity index (χ1n) is 6.47. The molecule has 0 N–H and O–H groups in total. The standard InChI is InChI=1S/C14H21N4/c1-13(2)14(3-7-17-9-5-15-11-17)4-8-18-10-6-16-12-18/h5-6,9-12,14H,3-4,7-8H2,1-2H3. The van der Waals surface area contributed by atoms with Gasteiger partial charge in [-0.3, -0.25) is 0 Å². The van der Waals surface area contributed by atoms with Gasteiger partial charge in [-0.2, -0.15) is 0 Å². The molecule has 0 aliphatic carbocycles. The molecule has 2 aromatic rings. The van der Waals surface area contributed by atoms with Crippen molar-refractivity contribution >= 4 is 0 Å². The van der Waals surface area contributed by atoms with E-state index in [2.05, 4.69) is 32.9 Å². The van der Waals surface area contributed by atoms with Crippen molar-refractivity contribution in [2.45, 2.75) is 39.8 Å². The summed E-state index contributed by atoms with van der Waals surface area (Å²) in [6.07, 6.45) is 13.8. The normalized spacial score (nSPS) is 11.6. The summed E-state index contributed by atoms with van der Waals surface area (Å²) >= 11 is 0. The summed E-state index contributed by atoms with van der Waals surface area (Å²) in [7, 11) is 0. The minimum atomic E-state index is 0.662. The number of aromatic nitrogens is 4. The third kappa shape index (κ3) is 3.72. The molecular weight excluding hydrogens is 224 g/mol. The van der Waals surface area contributed by atoms with Crippen molar-refractivity contribution in [2.24, 2.45) is 5.92 Å². The van der Waals surface area contributed by atoms with Crippen molar-refractivity contribution in [3.8, 4) is 0 Å². The topological polar surface area (TPSA) is 35.6 Å². The van der Waals surface area contributed by atoms with Gasteiger partial charge in [-0.25, -0.2) is 9.97 Å². The molecule has 0 saturated heterocycles. The lowest BCUT2D eigenvalue weighted by Gasteiger charge is -2.20. The SMILES string of the molecule is C[C](C)C(CCn1ccnc1)CCn1ccnc1. The van der Waals surface area contributed by atoms with Crippen LogP contribution in [0.1, 0.15) is 26.7 Å². The van der Waals surface area contributed by atoms with Crippen LogP contribution >= 0.6 is 0 Å². The van der Waals surface area contributed by atoms with Gasteiger partial charge in [0.1, 0.15) is 0 Å². The third-order valence-corrected chi connectivity index (χ3v) is 3.41. The molecular formula is C14H21N4. The van der Waals surface area contributed by atoms with E-state index >= 15 is 0 Å². The second-order valence-electron chi connectivity index (χ2n) is 4.95. The Morgan fingerprint density at radius 2 is 1.44 bits per heavy atom. The summed E-state index contributed by atoms with van der Waals surface area (Å²) in [5.74, 6) is 2.17. The maximum atomic E-state index is 4.08. The molecule has 2 aromatic heterocycles. The maximum absolute atomic E-state index is 4.08. The van der Waals surface area contributed by atoms with Gasteiger partial charge in [0.25, 0.3) is 0 Å². The summed E-state index contributed by atoms with van der Waals surface area (Å²) in [6, 6.07) is 0. The van der Waals surface area contributed by atoms with Gasteiger partial charge in [0.2, 0.25) is 0 Å². The second kappa shape index (κ2) is 6.38. The Labute approximate surface area is 109 Å². The van der Waals surface area contributed by atoms with E-state index < -0.39 is 0 Å². The molecule has 0 unspecified atom stereocenters. The van der Waals surface area contributed by atoms with Crippen molar-refractivity contribution in [1.82, 2.24) is 19.1 Å². The van der Waals surface area contributed by atoms with Gasteiger partial charge < -0.3 is 9.13 Å². The number of nitrogens with zero attached hydrogens (tertiary/aromatic N) is 4. The minimum absolute atomic E-state index is 0.662. The highest BCUT2D eigenvalue weighted by molar-refractivity contribution is 4.88. The number of hydrogen-bond donors (Lipinski definition) is 0. The van der Waals surface area contributed by atoms with Crippen LogP contribution in [-0.4, -0.2) is 19.1 Å². The summed E-state index contributed by atoms with van der Waals surface area (Å²) < 4.78 is 4.29. The van der Waals surface area contributed by atoms with Crippen molar-refractivity contribution in [3.05, 3.63) is 43.4 Å². The number of aryl methyl sites for hydroxylation is 2. The molecule has 0 aliphatic rings. The van der Waals surface area contributed by atoms with Crippen LogP contribution < -0.4 is 0 Å². The van der Waals surface area contributed by atoms with Gasteiger partial charge in [0.15, 0.2) is 0 Å². The Hall–Kier alpha value is -1.58. The fourth-order valence-corrected chi connectivity index (χ4v) is 2.17. The van der Waals surface area contributed by atoms with E-state index in [0.29, 0.717) is 5.92 Å². The van der Waals surface area contributed by atoms with Crippen LogP contribution in [0.3, 0.4) is 0 Å². The van der Waals surface area contributed by atoms with E-state index in [4.69, 9.17) is 0 Å². The molecule has 18 heavy (non-hydrogen) atoms. The van der Waals surface area contributed by atoms with E-state index in [1.807, 2.05) is 37.4 Å². The van der Waals surface area contributed by atoms with Crippen LogP contribution in [0.4, 0.5) is 0 Å². The summed E-state index contributed by atoms with van der Waals surface area (Å²) in [6.45, 7) is 6.54. The minimum Gasteiger partial charge on any atom is -0.337 e. The molecule has 97 valence electrons. The summed E-state index contributed by atoms with van der Waals surface area (Å²) in [5, 5.41) is 0. The van der Waals surface area contributed by atoms with E-state index in [1.165, 1.54) is 18.8 Å². The van der Waals surface area contributed by atoms with E-state index in [9.17, 15) is 0 Å². The highest BCUT2D eigenvalue weighted by atomic mass is 15.0. The maximum Gasteiger partial charge on any atom is 0.0945 e. The van der Waals surface area contributed by atoms with Crippen LogP contribution in [0.15, 0.2) is 37.4 Å². The average Bonchev–Trinajstić information content (AvgIpc) is 3.00. The predicted octanol–water partition coefficient (Wildman–Crippen LogP) is 2.79. The number of rotatable bonds is 7. The van der Waals surface area contributed by atoms with Crippen molar-refractivity contribution in [3.63, 3.8) is 0 Å². The molecule has 0 spiro atoms. The third-order valence-electron chi connectivity index (χ3n) is 3.41. The highest BCUT2D eigenvalue weighted by Gasteiger charge is 2.13. The van der Waals surface area contributed by atoms with Crippen molar-refractivity contribution in [1.29, 1.82) is 0 Å². The van der Waals surface area contributed by atoms with Crippen LogP contribution in [0.5, 0.6) is 0 Å². The Morgan fingerprint density at radius 1 is 0.944 bits per heavy atom. The molecule has 0 fully saturated rings. The van der Waals surface area contributed by atoms with E-state index in [0.717, 1.165) is 13.1 Å². The first-order valence-corrected chi connectivity index (χ1v) is 6.47. The Morgan fingerprint density at radius 3 is 1.78 bits per heavy atom. The van der Waals surface area contributed by atoms with Gasteiger partial charge in [-0.05, 0) is 24.7 Å². The van der Waals surface area contributed by atoms with Gasteiger partial charge in [0, 0.05) is 37.9 Å². The molecule has 0 bridgehead atoms. The van der Waals surface area contributed by atoms with Gasteiger partial charge in [0.05, 0.1) is 12.7 Å². The number of imidazole rings is 2. The lowest BCUT2D eigenvalue weighted by molar-refractivity contribution is 0.407. The summed E-state index contributed by atoms with van der Waals surface area (Å²) in [5.41, 5.74) is 0. The first-order chi connectivity index (χ1) is 8.75. The number of hydrogen-bond acceptors (Lipinski definition) is 2. The molecule has 0 aliphatic heterocycles. The van der Waals surface area contributed by atoms with Crippen LogP contribution in [0, 0.1) is 11.8 Å². The lowest BCUT2D eigenvalue weighted by Crippen LogP contribution is -2.13. The zero-order chi connectivity index (χ0) is 12.8. The molecule has 1 radical (unpaired) electrons. The molecule has 0 amide bonds. The molecule has 2 rings (SSSR count). The lowest BCUT2D eigenvalue weighted by atomic mass is 9.89. The zero-order valence-corrected chi connectivity index (χ0v) is 11.2. The summed E-state index contributed by atoms with van der Waals surface area (Å²) in [4.78, 5) is 8.15. The smallest absolute Gasteiger partial charge is 0.0945 e. The highest BCUT2D eigenvalue weighted by Crippen LogP contribution is 2.22. The van der Waals surface area contributed by atoms with Gasteiger partial charge >= 0.3 is 0 Å². The Kier molecular flexibility index (Phi) is 4.56. The second-order valence-corrected chi connectivity index (χ2v) is 4.95. The van der Waals surface area contributed by atoms with Gasteiger partial charge in [-0.1, -0.05) is 13.8 Å². The van der Waals surface area contributed by atoms with Crippen LogP contribution in [-0.2, 0) is 13.1 Å². The van der Waals surface area contributed by atoms with E-state index in [1.54, 1.807) is 0 Å². The molecule has 0 aromatic carbocycles. The molecule has 0 saturated carbocycles. The van der Waals surface area contributed by atoms with Crippen LogP contribution in [0.2, 0.25) is 0 Å². The zero-order valence-electron chi connectivity index (χ0n) is 11.2. The Bertz CT molecular complexity index is 378. The largest absolute Gasteiger partial charge is 0.337 e. The average molecular weight is 245 g/mol. The fraction of sp³-hybridized carbons (Fsp3) is 0.500.